The molecule has 5 nitrogen and oxygen atoms in total. The van der Waals surface area contributed by atoms with E-state index in [1.165, 1.54) is 12.1 Å². The molecule has 8 heteroatoms. The van der Waals surface area contributed by atoms with Gasteiger partial charge >= 0.3 is 0 Å². The van der Waals surface area contributed by atoms with Crippen LogP contribution in [0.4, 0.5) is 0 Å². The number of rotatable bonds is 5. The molecule has 152 valence electrons. The lowest BCUT2D eigenvalue weighted by Crippen LogP contribution is -2.31. The number of para-hydroxylation sites is 1. The van der Waals surface area contributed by atoms with E-state index in [1.54, 1.807) is 11.6 Å². The summed E-state index contributed by atoms with van der Waals surface area (Å²) < 4.78 is 28.0. The number of sulfone groups is 1. The van der Waals surface area contributed by atoms with Gasteiger partial charge in [0.05, 0.1) is 32.4 Å². The summed E-state index contributed by atoms with van der Waals surface area (Å²) >= 11 is 12.2. The Labute approximate surface area is 180 Å². The lowest BCUT2D eigenvalue weighted by Gasteiger charge is -2.08. The Bertz CT molecular complexity index is 1270. The van der Waals surface area contributed by atoms with E-state index < -0.39 is 9.84 Å². The molecule has 0 radical (unpaired) electrons. The summed E-state index contributed by atoms with van der Waals surface area (Å²) in [5.41, 5.74) is 1.84. The van der Waals surface area contributed by atoms with Gasteiger partial charge in [0.15, 0.2) is 9.84 Å². The Hall–Kier alpha value is -2.28. The Kier molecular flexibility index (Phi) is 6.08. The maximum atomic E-state index is 13.2. The largest absolute Gasteiger partial charge is 0.383 e. The van der Waals surface area contributed by atoms with Gasteiger partial charge in [-0.2, -0.15) is 5.10 Å². The third-order valence-corrected chi connectivity index (χ3v) is 6.85. The summed E-state index contributed by atoms with van der Waals surface area (Å²) in [5.74, 6) is -0.310. The first-order valence-corrected chi connectivity index (χ1v) is 11.2. The highest BCUT2D eigenvalue weighted by Gasteiger charge is 2.23. The highest BCUT2D eigenvalue weighted by molar-refractivity contribution is 7.90. The number of nitrogens with zero attached hydrogens (tertiary/aromatic N) is 3. The van der Waals surface area contributed by atoms with E-state index >= 15 is 0 Å². The second-order valence-electron chi connectivity index (χ2n) is 6.94. The van der Waals surface area contributed by atoms with Gasteiger partial charge in [-0.3, -0.25) is 0 Å². The molecule has 0 saturated carbocycles. The summed E-state index contributed by atoms with van der Waals surface area (Å²) in [7, 11) is -0.0436. The van der Waals surface area contributed by atoms with Crippen molar-refractivity contribution in [1.82, 2.24) is 14.7 Å². The van der Waals surface area contributed by atoms with E-state index in [0.717, 1.165) is 5.69 Å². The van der Waals surface area contributed by atoms with Crippen LogP contribution in [0.25, 0.3) is 18.5 Å². The van der Waals surface area contributed by atoms with Gasteiger partial charge < -0.3 is 4.90 Å². The van der Waals surface area contributed by atoms with E-state index in [2.05, 4.69) is 11.7 Å². The molecule has 1 aromatic heterocycles. The molecular formula is C21H21Cl2N3O2S. The molecule has 0 fully saturated rings. The Morgan fingerprint density at radius 3 is 2.41 bits per heavy atom. The van der Waals surface area contributed by atoms with Crippen molar-refractivity contribution in [2.24, 2.45) is 0 Å². The van der Waals surface area contributed by atoms with Crippen molar-refractivity contribution in [3.8, 4) is 5.69 Å². The maximum absolute atomic E-state index is 13.2. The molecule has 1 heterocycles. The topological polar surface area (TPSA) is 55.2 Å². The van der Waals surface area contributed by atoms with Crippen LogP contribution in [0, 0.1) is 6.92 Å². The summed E-state index contributed by atoms with van der Waals surface area (Å²) in [6.45, 7) is 5.86. The number of hydrogen-bond donors (Lipinski definition) is 0. The van der Waals surface area contributed by atoms with Crippen LogP contribution in [-0.2, 0) is 15.6 Å². The number of benzene rings is 2. The molecule has 0 spiro atoms. The van der Waals surface area contributed by atoms with E-state index in [4.69, 9.17) is 23.2 Å². The Morgan fingerprint density at radius 1 is 1.14 bits per heavy atom. The fourth-order valence-electron chi connectivity index (χ4n) is 2.94. The zero-order valence-electron chi connectivity index (χ0n) is 16.4. The first kappa shape index (κ1) is 21.4. The molecule has 3 rings (SSSR count). The monoisotopic (exact) mass is 449 g/mol. The average Bonchev–Trinajstić information content (AvgIpc) is 2.94. The van der Waals surface area contributed by atoms with E-state index in [1.807, 2.05) is 55.5 Å². The van der Waals surface area contributed by atoms with Crippen molar-refractivity contribution in [3.63, 3.8) is 0 Å². The molecular weight excluding hydrogens is 429 g/mol. The van der Waals surface area contributed by atoms with Crippen molar-refractivity contribution >= 4 is 45.8 Å². The maximum Gasteiger partial charge on any atom is 0.185 e. The lowest BCUT2D eigenvalue weighted by atomic mass is 10.2. The molecule has 0 bridgehead atoms. The second-order valence-corrected chi connectivity index (χ2v) is 9.71. The van der Waals surface area contributed by atoms with Crippen LogP contribution in [0.2, 0.25) is 10.0 Å². The quantitative estimate of drug-likeness (QED) is 0.600. The third-order valence-electron chi connectivity index (χ3n) is 4.36. The number of aryl methyl sites for hydroxylation is 1. The fraction of sp³-hybridized carbons (Fsp3) is 0.190. The van der Waals surface area contributed by atoms with Crippen LogP contribution in [0.1, 0.15) is 11.3 Å². The van der Waals surface area contributed by atoms with Crippen LogP contribution in [0.3, 0.4) is 0 Å². The second kappa shape index (κ2) is 8.22. The molecule has 0 unspecified atom stereocenters. The number of hydrogen-bond acceptors (Lipinski definition) is 4. The van der Waals surface area contributed by atoms with E-state index in [9.17, 15) is 8.42 Å². The molecule has 0 aliphatic rings. The van der Waals surface area contributed by atoms with Gasteiger partial charge in [-0.25, -0.2) is 13.1 Å². The third kappa shape index (κ3) is 4.50. The zero-order chi connectivity index (χ0) is 21.3. The molecule has 0 aliphatic carbocycles. The minimum Gasteiger partial charge on any atom is -0.383 e. The van der Waals surface area contributed by atoms with Crippen LogP contribution >= 0.6 is 23.2 Å². The van der Waals surface area contributed by atoms with Crippen molar-refractivity contribution < 1.29 is 8.42 Å². The van der Waals surface area contributed by atoms with Gasteiger partial charge in [-0.05, 0) is 36.8 Å². The van der Waals surface area contributed by atoms with Crippen molar-refractivity contribution in [1.29, 1.82) is 0 Å². The highest BCUT2D eigenvalue weighted by Crippen LogP contribution is 2.29. The van der Waals surface area contributed by atoms with Crippen molar-refractivity contribution in [2.75, 3.05) is 14.1 Å². The van der Waals surface area contributed by atoms with Crippen LogP contribution < -0.4 is 10.6 Å². The minimum atomic E-state index is -3.76. The molecule has 0 atom stereocenters. The molecule has 0 N–H and O–H groups in total. The van der Waals surface area contributed by atoms with Crippen LogP contribution in [0.5, 0.6) is 0 Å². The van der Waals surface area contributed by atoms with Crippen molar-refractivity contribution in [3.05, 3.63) is 74.3 Å². The van der Waals surface area contributed by atoms with Crippen LogP contribution in [-0.4, -0.2) is 37.2 Å². The Balaban J connectivity index is 2.16. The fourth-order valence-corrected chi connectivity index (χ4v) is 5.12. The molecule has 0 saturated heterocycles. The molecule has 3 aromatic rings. The Morgan fingerprint density at radius 2 is 1.79 bits per heavy atom. The first-order chi connectivity index (χ1) is 13.6. The molecule has 29 heavy (non-hydrogen) atoms. The lowest BCUT2D eigenvalue weighted by molar-refractivity contribution is 0.593. The van der Waals surface area contributed by atoms with E-state index in [-0.39, 0.29) is 15.7 Å². The standard InChI is InChI=1S/C21H21Cl2N3O2S/c1-14-10-21(19(23)11-18(14)22)29(27,28)13-20-17(12-25(3)4)15(2)26(24-20)16-8-6-5-7-9-16/h5-12H,2,13H2,1,3-4H3/b17-12-. The highest BCUT2D eigenvalue weighted by atomic mass is 35.5. The van der Waals surface area contributed by atoms with Gasteiger partial charge in [0.25, 0.3) is 0 Å². The van der Waals surface area contributed by atoms with Gasteiger partial charge in [-0.15, -0.1) is 0 Å². The SMILES string of the molecule is C=c1/c(=C/N(C)C)c(CS(=O)(=O)c2cc(C)c(Cl)cc2Cl)nn1-c1ccccc1. The number of aromatic nitrogens is 2. The minimum absolute atomic E-state index is 0.0387. The summed E-state index contributed by atoms with van der Waals surface area (Å²) in [6, 6.07) is 12.4. The molecule has 2 aromatic carbocycles. The van der Waals surface area contributed by atoms with E-state index in [0.29, 0.717) is 26.8 Å². The molecule has 0 aliphatic heterocycles. The predicted molar refractivity (Wildman–Crippen MR) is 119 cm³/mol. The first-order valence-electron chi connectivity index (χ1n) is 8.79. The number of halogens is 2. The smallest absolute Gasteiger partial charge is 0.185 e. The van der Waals surface area contributed by atoms with Gasteiger partial charge in [-0.1, -0.05) is 48.0 Å². The van der Waals surface area contributed by atoms with Crippen molar-refractivity contribution in [2.45, 2.75) is 17.6 Å². The average molecular weight is 450 g/mol. The predicted octanol–water partition coefficient (Wildman–Crippen LogP) is 3.17. The zero-order valence-corrected chi connectivity index (χ0v) is 18.7. The molecule has 0 amide bonds. The van der Waals surface area contributed by atoms with Gasteiger partial charge in [0.1, 0.15) is 0 Å². The van der Waals surface area contributed by atoms with Gasteiger partial charge in [0, 0.05) is 30.5 Å². The summed E-state index contributed by atoms with van der Waals surface area (Å²) in [4.78, 5) is 1.87. The normalized spacial score (nSPS) is 12.4. The van der Waals surface area contributed by atoms with Crippen LogP contribution in [0.15, 0.2) is 47.4 Å². The summed E-state index contributed by atoms with van der Waals surface area (Å²) in [5, 5.41) is 6.34. The summed E-state index contributed by atoms with van der Waals surface area (Å²) in [6.07, 6.45) is 1.81. The van der Waals surface area contributed by atoms with Gasteiger partial charge in [0.2, 0.25) is 0 Å².